The van der Waals surface area contributed by atoms with E-state index in [1.54, 1.807) is 13.8 Å². The van der Waals surface area contributed by atoms with Crippen molar-refractivity contribution in [3.63, 3.8) is 0 Å². The number of aromatic hydroxyl groups is 1. The zero-order chi connectivity index (χ0) is 12.5. The molecular weight excluding hydrogens is 208 g/mol. The maximum absolute atomic E-state index is 11.9. The van der Waals surface area contributed by atoms with Gasteiger partial charge < -0.3 is 15.0 Å². The SMILES string of the molecule is CCn1c(C)c(C)c(O)c(C(=O)NC)c1=O. The summed E-state index contributed by atoms with van der Waals surface area (Å²) in [6.45, 7) is 5.71. The minimum Gasteiger partial charge on any atom is -0.507 e. The van der Waals surface area contributed by atoms with Crippen molar-refractivity contribution < 1.29 is 9.90 Å². The van der Waals surface area contributed by atoms with E-state index in [0.29, 0.717) is 17.8 Å². The standard InChI is InChI=1S/C11H16N2O3/c1-5-13-7(3)6(2)9(14)8(11(13)16)10(15)12-4/h14H,5H2,1-4H3,(H,12,15). The number of nitrogens with zero attached hydrogens (tertiary/aromatic N) is 1. The Bertz CT molecular complexity index is 489. The highest BCUT2D eigenvalue weighted by Crippen LogP contribution is 2.21. The molecule has 16 heavy (non-hydrogen) atoms. The Kier molecular flexibility index (Phi) is 3.37. The fourth-order valence-electron chi connectivity index (χ4n) is 1.66. The molecule has 1 rings (SSSR count). The highest BCUT2D eigenvalue weighted by Gasteiger charge is 2.20. The van der Waals surface area contributed by atoms with Crippen molar-refractivity contribution in [1.82, 2.24) is 9.88 Å². The number of rotatable bonds is 2. The lowest BCUT2D eigenvalue weighted by molar-refractivity contribution is 0.0958. The number of carbonyl (C=O) groups is 1. The minimum absolute atomic E-state index is 0.188. The molecule has 0 aliphatic carbocycles. The molecule has 0 aliphatic heterocycles. The van der Waals surface area contributed by atoms with Crippen LogP contribution < -0.4 is 10.9 Å². The van der Waals surface area contributed by atoms with Crippen molar-refractivity contribution >= 4 is 5.91 Å². The van der Waals surface area contributed by atoms with E-state index in [1.807, 2.05) is 6.92 Å². The molecule has 0 unspecified atom stereocenters. The number of pyridine rings is 1. The normalized spacial score (nSPS) is 10.2. The molecule has 0 aliphatic rings. The monoisotopic (exact) mass is 224 g/mol. The van der Waals surface area contributed by atoms with Crippen molar-refractivity contribution in [2.45, 2.75) is 27.3 Å². The smallest absolute Gasteiger partial charge is 0.267 e. The predicted octanol–water partition coefficient (Wildman–Crippen LogP) is 0.550. The second-order valence-electron chi connectivity index (χ2n) is 3.56. The fraction of sp³-hybridized carbons (Fsp3) is 0.455. The highest BCUT2D eigenvalue weighted by molar-refractivity contribution is 5.96. The van der Waals surface area contributed by atoms with Crippen molar-refractivity contribution in [1.29, 1.82) is 0 Å². The number of hydrogen-bond acceptors (Lipinski definition) is 3. The van der Waals surface area contributed by atoms with Gasteiger partial charge >= 0.3 is 0 Å². The lowest BCUT2D eigenvalue weighted by Crippen LogP contribution is -2.33. The zero-order valence-corrected chi connectivity index (χ0v) is 9.92. The van der Waals surface area contributed by atoms with Gasteiger partial charge in [-0.25, -0.2) is 0 Å². The van der Waals surface area contributed by atoms with Crippen molar-refractivity contribution in [2.75, 3.05) is 7.05 Å². The summed E-state index contributed by atoms with van der Waals surface area (Å²) >= 11 is 0. The van der Waals surface area contributed by atoms with Gasteiger partial charge in [-0.1, -0.05) is 0 Å². The first kappa shape index (κ1) is 12.3. The Hall–Kier alpha value is -1.78. The van der Waals surface area contributed by atoms with E-state index in [4.69, 9.17) is 0 Å². The van der Waals surface area contributed by atoms with Crippen molar-refractivity contribution in [2.24, 2.45) is 0 Å². The van der Waals surface area contributed by atoms with E-state index in [0.717, 1.165) is 0 Å². The summed E-state index contributed by atoms with van der Waals surface area (Å²) < 4.78 is 1.47. The number of nitrogens with one attached hydrogen (secondary N) is 1. The lowest BCUT2D eigenvalue weighted by Gasteiger charge is -2.14. The van der Waals surface area contributed by atoms with E-state index in [-0.39, 0.29) is 11.3 Å². The van der Waals surface area contributed by atoms with Crippen LogP contribution in [0.4, 0.5) is 0 Å². The molecule has 1 aromatic heterocycles. The summed E-state index contributed by atoms with van der Waals surface area (Å²) in [7, 11) is 1.42. The van der Waals surface area contributed by atoms with Gasteiger partial charge in [0, 0.05) is 24.8 Å². The summed E-state index contributed by atoms with van der Waals surface area (Å²) in [4.78, 5) is 23.4. The van der Waals surface area contributed by atoms with Gasteiger partial charge in [0.15, 0.2) is 0 Å². The summed E-state index contributed by atoms with van der Waals surface area (Å²) in [5.41, 5.74) is 0.590. The Labute approximate surface area is 93.7 Å². The quantitative estimate of drug-likeness (QED) is 0.770. The van der Waals surface area contributed by atoms with Crippen LogP contribution >= 0.6 is 0 Å². The van der Waals surface area contributed by atoms with E-state index in [9.17, 15) is 14.7 Å². The van der Waals surface area contributed by atoms with Crippen LogP contribution in [0.1, 0.15) is 28.5 Å². The summed E-state index contributed by atoms with van der Waals surface area (Å²) in [5.74, 6) is -0.792. The minimum atomic E-state index is -0.562. The molecule has 1 aromatic rings. The van der Waals surface area contributed by atoms with Gasteiger partial charge in [0.05, 0.1) is 0 Å². The van der Waals surface area contributed by atoms with Gasteiger partial charge in [-0.2, -0.15) is 0 Å². The van der Waals surface area contributed by atoms with Crippen LogP contribution in [-0.2, 0) is 6.54 Å². The van der Waals surface area contributed by atoms with E-state index >= 15 is 0 Å². The van der Waals surface area contributed by atoms with Crippen LogP contribution in [0.25, 0.3) is 0 Å². The molecule has 5 nitrogen and oxygen atoms in total. The maximum atomic E-state index is 11.9. The number of aromatic nitrogens is 1. The largest absolute Gasteiger partial charge is 0.507 e. The fourth-order valence-corrected chi connectivity index (χ4v) is 1.66. The van der Waals surface area contributed by atoms with Crippen LogP contribution in [-0.4, -0.2) is 22.6 Å². The van der Waals surface area contributed by atoms with Gasteiger partial charge in [0.2, 0.25) is 0 Å². The summed E-state index contributed by atoms with van der Waals surface area (Å²) in [5, 5.41) is 12.2. The molecule has 0 aromatic carbocycles. The molecule has 0 radical (unpaired) electrons. The molecule has 1 amide bonds. The first-order valence-corrected chi connectivity index (χ1v) is 5.10. The van der Waals surface area contributed by atoms with Gasteiger partial charge in [-0.05, 0) is 20.8 Å². The van der Waals surface area contributed by atoms with Crippen LogP contribution in [0, 0.1) is 13.8 Å². The maximum Gasteiger partial charge on any atom is 0.267 e. The van der Waals surface area contributed by atoms with Crippen LogP contribution in [0.15, 0.2) is 4.79 Å². The molecular formula is C11H16N2O3. The molecule has 0 saturated heterocycles. The summed E-state index contributed by atoms with van der Waals surface area (Å²) in [6, 6.07) is 0. The Morgan fingerprint density at radius 3 is 2.44 bits per heavy atom. The Balaban J connectivity index is 3.69. The van der Waals surface area contributed by atoms with E-state index in [1.165, 1.54) is 11.6 Å². The third-order valence-corrected chi connectivity index (χ3v) is 2.77. The van der Waals surface area contributed by atoms with Gasteiger partial charge in [0.1, 0.15) is 11.3 Å². The molecule has 0 atom stereocenters. The topological polar surface area (TPSA) is 71.3 Å². The van der Waals surface area contributed by atoms with Gasteiger partial charge in [-0.15, -0.1) is 0 Å². The molecule has 0 spiro atoms. The van der Waals surface area contributed by atoms with Crippen LogP contribution in [0.3, 0.4) is 0 Å². The Morgan fingerprint density at radius 1 is 1.44 bits per heavy atom. The predicted molar refractivity (Wildman–Crippen MR) is 60.9 cm³/mol. The first-order valence-electron chi connectivity index (χ1n) is 5.10. The van der Waals surface area contributed by atoms with Crippen molar-refractivity contribution in [3.8, 4) is 5.75 Å². The number of carbonyl (C=O) groups excluding carboxylic acids is 1. The van der Waals surface area contributed by atoms with Crippen LogP contribution in [0.2, 0.25) is 0 Å². The van der Waals surface area contributed by atoms with Crippen LogP contribution in [0.5, 0.6) is 5.75 Å². The second-order valence-corrected chi connectivity index (χ2v) is 3.56. The average molecular weight is 224 g/mol. The van der Waals surface area contributed by atoms with Crippen molar-refractivity contribution in [3.05, 3.63) is 27.2 Å². The summed E-state index contributed by atoms with van der Waals surface area (Å²) in [6.07, 6.45) is 0. The molecule has 88 valence electrons. The number of hydrogen-bond donors (Lipinski definition) is 2. The molecule has 0 saturated carbocycles. The van der Waals surface area contributed by atoms with E-state index in [2.05, 4.69) is 5.32 Å². The number of amides is 1. The second kappa shape index (κ2) is 4.38. The third kappa shape index (κ3) is 1.68. The van der Waals surface area contributed by atoms with E-state index < -0.39 is 11.5 Å². The molecule has 1 heterocycles. The molecule has 0 bridgehead atoms. The average Bonchev–Trinajstić information content (AvgIpc) is 2.27. The third-order valence-electron chi connectivity index (χ3n) is 2.77. The highest BCUT2D eigenvalue weighted by atomic mass is 16.3. The molecule has 2 N–H and O–H groups in total. The molecule has 5 heteroatoms. The van der Waals surface area contributed by atoms with Gasteiger partial charge in [0.25, 0.3) is 11.5 Å². The lowest BCUT2D eigenvalue weighted by atomic mass is 10.1. The Morgan fingerprint density at radius 2 is 2.00 bits per heavy atom. The van der Waals surface area contributed by atoms with Gasteiger partial charge in [-0.3, -0.25) is 9.59 Å². The first-order chi connectivity index (χ1) is 7.45. The molecule has 0 fully saturated rings. The zero-order valence-electron chi connectivity index (χ0n) is 9.92.